The molecule has 2 aliphatic rings. The molecule has 1 aromatic carbocycles. The highest BCUT2D eigenvalue weighted by Crippen LogP contribution is 2.29. The van der Waals surface area contributed by atoms with Gasteiger partial charge in [0, 0.05) is 26.1 Å². The second kappa shape index (κ2) is 7.04. The van der Waals surface area contributed by atoms with E-state index in [0.29, 0.717) is 12.6 Å². The van der Waals surface area contributed by atoms with Gasteiger partial charge in [-0.2, -0.15) is 0 Å². The van der Waals surface area contributed by atoms with Crippen LogP contribution in [-0.4, -0.2) is 23.6 Å². The highest BCUT2D eigenvalue weighted by atomic mass is 16.2. The van der Waals surface area contributed by atoms with E-state index in [4.69, 9.17) is 0 Å². The lowest BCUT2D eigenvalue weighted by atomic mass is 9.88. The van der Waals surface area contributed by atoms with Crippen molar-refractivity contribution < 1.29 is 9.69 Å². The van der Waals surface area contributed by atoms with Crippen LogP contribution < -0.4 is 10.2 Å². The standard InChI is InChI=1S/C21H27N3O/c1-23-13-5-11-19(23)20-12-6-14-24(20)15-21(25)22-18-10-4-8-16-7-2-3-9-17(16)18/h2-3,5,7,9,11,13,18,20H,4,6,8,10,12,14-15H2,1H3,(H,22,25)/p+1/t18-,20-/m1/s1. The number of nitrogens with one attached hydrogen (secondary N) is 2. The van der Waals surface area contributed by atoms with Gasteiger partial charge in [-0.15, -0.1) is 0 Å². The Kier molecular flexibility index (Phi) is 4.62. The van der Waals surface area contributed by atoms with E-state index in [-0.39, 0.29) is 11.9 Å². The van der Waals surface area contributed by atoms with Crippen molar-refractivity contribution in [1.82, 2.24) is 9.88 Å². The minimum atomic E-state index is 0.188. The lowest BCUT2D eigenvalue weighted by Gasteiger charge is -2.27. The molecule has 1 amide bonds. The second-order valence-corrected chi connectivity index (χ2v) is 7.53. The zero-order valence-corrected chi connectivity index (χ0v) is 15.0. The van der Waals surface area contributed by atoms with Crippen molar-refractivity contribution in [2.24, 2.45) is 7.05 Å². The molecule has 2 aromatic rings. The Balaban J connectivity index is 1.42. The van der Waals surface area contributed by atoms with Crippen LogP contribution in [0.5, 0.6) is 0 Å². The van der Waals surface area contributed by atoms with Crippen LogP contribution in [0.15, 0.2) is 42.6 Å². The summed E-state index contributed by atoms with van der Waals surface area (Å²) in [5, 5.41) is 3.32. The summed E-state index contributed by atoms with van der Waals surface area (Å²) in [6.07, 6.45) is 7.82. The van der Waals surface area contributed by atoms with Crippen LogP contribution in [-0.2, 0) is 18.3 Å². The van der Waals surface area contributed by atoms with Gasteiger partial charge in [-0.05, 0) is 42.5 Å². The third-order valence-corrected chi connectivity index (χ3v) is 5.92. The highest BCUT2D eigenvalue weighted by Gasteiger charge is 2.33. The first kappa shape index (κ1) is 16.4. The molecule has 1 aliphatic heterocycles. The second-order valence-electron chi connectivity index (χ2n) is 7.53. The summed E-state index contributed by atoms with van der Waals surface area (Å²) in [4.78, 5) is 14.1. The van der Waals surface area contributed by atoms with E-state index in [9.17, 15) is 4.79 Å². The van der Waals surface area contributed by atoms with Gasteiger partial charge in [0.1, 0.15) is 6.04 Å². The third kappa shape index (κ3) is 3.36. The van der Waals surface area contributed by atoms with E-state index in [1.54, 1.807) is 0 Å². The van der Waals surface area contributed by atoms with Crippen LogP contribution in [0.4, 0.5) is 0 Å². The maximum Gasteiger partial charge on any atom is 0.275 e. The molecule has 4 rings (SSSR count). The third-order valence-electron chi connectivity index (χ3n) is 5.92. The molecule has 25 heavy (non-hydrogen) atoms. The number of aromatic nitrogens is 1. The topological polar surface area (TPSA) is 38.5 Å². The maximum atomic E-state index is 12.7. The van der Waals surface area contributed by atoms with Crippen molar-refractivity contribution in [3.05, 3.63) is 59.4 Å². The van der Waals surface area contributed by atoms with E-state index >= 15 is 0 Å². The molecule has 1 aromatic heterocycles. The number of fused-ring (bicyclic) bond motifs is 1. The Hall–Kier alpha value is -2.07. The number of benzene rings is 1. The summed E-state index contributed by atoms with van der Waals surface area (Å²) >= 11 is 0. The summed E-state index contributed by atoms with van der Waals surface area (Å²) < 4.78 is 2.20. The number of rotatable bonds is 4. The molecule has 4 heteroatoms. The van der Waals surface area contributed by atoms with Crippen LogP contribution in [0.1, 0.15) is 54.6 Å². The summed E-state index contributed by atoms with van der Waals surface area (Å²) in [7, 11) is 2.10. The van der Waals surface area contributed by atoms with Gasteiger partial charge in [0.2, 0.25) is 0 Å². The van der Waals surface area contributed by atoms with Gasteiger partial charge in [-0.25, -0.2) is 0 Å². The van der Waals surface area contributed by atoms with Crippen molar-refractivity contribution in [3.63, 3.8) is 0 Å². The molecule has 3 atom stereocenters. The number of nitrogens with zero attached hydrogens (tertiary/aromatic N) is 1. The zero-order chi connectivity index (χ0) is 17.2. The highest BCUT2D eigenvalue weighted by molar-refractivity contribution is 5.77. The number of carbonyl (C=O) groups is 1. The maximum absolute atomic E-state index is 12.7. The first-order valence-corrected chi connectivity index (χ1v) is 9.55. The monoisotopic (exact) mass is 338 g/mol. The van der Waals surface area contributed by atoms with Gasteiger partial charge in [-0.1, -0.05) is 24.3 Å². The molecular weight excluding hydrogens is 310 g/mol. The minimum absolute atomic E-state index is 0.188. The molecule has 1 saturated heterocycles. The molecule has 2 N–H and O–H groups in total. The molecule has 132 valence electrons. The number of quaternary nitrogens is 1. The number of amides is 1. The molecule has 0 radical (unpaired) electrons. The van der Waals surface area contributed by atoms with Crippen molar-refractivity contribution in [2.75, 3.05) is 13.1 Å². The van der Waals surface area contributed by atoms with Gasteiger partial charge < -0.3 is 14.8 Å². The Morgan fingerprint density at radius 3 is 2.92 bits per heavy atom. The zero-order valence-electron chi connectivity index (χ0n) is 15.0. The predicted molar refractivity (Wildman–Crippen MR) is 98.3 cm³/mol. The Labute approximate surface area is 149 Å². The van der Waals surface area contributed by atoms with E-state index in [0.717, 1.165) is 25.8 Å². The molecule has 0 spiro atoms. The van der Waals surface area contributed by atoms with Gasteiger partial charge in [0.05, 0.1) is 18.3 Å². The SMILES string of the molecule is Cn1cccc1[C@H]1CCC[NH+]1CC(=O)N[C@@H]1CCCc2ccccc21. The number of hydrogen-bond donors (Lipinski definition) is 2. The van der Waals surface area contributed by atoms with Crippen LogP contribution in [0.2, 0.25) is 0 Å². The van der Waals surface area contributed by atoms with E-state index in [1.807, 2.05) is 0 Å². The van der Waals surface area contributed by atoms with Crippen LogP contribution in [0.25, 0.3) is 0 Å². The van der Waals surface area contributed by atoms with Gasteiger partial charge >= 0.3 is 0 Å². The number of hydrogen-bond acceptors (Lipinski definition) is 1. The van der Waals surface area contributed by atoms with Crippen molar-refractivity contribution in [1.29, 1.82) is 0 Å². The van der Waals surface area contributed by atoms with Gasteiger partial charge in [0.25, 0.3) is 5.91 Å². The van der Waals surface area contributed by atoms with E-state index in [1.165, 1.54) is 34.6 Å². The first-order chi connectivity index (χ1) is 12.2. The number of carbonyl (C=O) groups excluding carboxylic acids is 1. The summed E-state index contributed by atoms with van der Waals surface area (Å²) in [5.41, 5.74) is 4.06. The lowest BCUT2D eigenvalue weighted by Crippen LogP contribution is -3.11. The average Bonchev–Trinajstić information content (AvgIpc) is 3.23. The molecule has 0 saturated carbocycles. The summed E-state index contributed by atoms with van der Waals surface area (Å²) in [6.45, 7) is 1.67. The molecule has 1 unspecified atom stereocenters. The molecular formula is C21H28N3O+. The van der Waals surface area contributed by atoms with Crippen LogP contribution in [0.3, 0.4) is 0 Å². The number of likely N-dealkylation sites (tertiary alicyclic amines) is 1. The molecule has 2 heterocycles. The normalized spacial score (nSPS) is 25.6. The Morgan fingerprint density at radius 1 is 1.20 bits per heavy atom. The molecule has 1 fully saturated rings. The summed E-state index contributed by atoms with van der Waals surface area (Å²) in [5.74, 6) is 0.192. The smallest absolute Gasteiger partial charge is 0.275 e. The molecule has 4 nitrogen and oxygen atoms in total. The Morgan fingerprint density at radius 2 is 2.08 bits per heavy atom. The van der Waals surface area contributed by atoms with Crippen molar-refractivity contribution in [3.8, 4) is 0 Å². The van der Waals surface area contributed by atoms with Crippen molar-refractivity contribution in [2.45, 2.75) is 44.2 Å². The van der Waals surface area contributed by atoms with Gasteiger partial charge in [-0.3, -0.25) is 4.79 Å². The molecule has 0 bridgehead atoms. The average molecular weight is 338 g/mol. The largest absolute Gasteiger partial charge is 0.350 e. The first-order valence-electron chi connectivity index (χ1n) is 9.55. The van der Waals surface area contributed by atoms with Crippen molar-refractivity contribution >= 4 is 5.91 Å². The van der Waals surface area contributed by atoms with E-state index in [2.05, 4.69) is 59.5 Å². The minimum Gasteiger partial charge on any atom is -0.350 e. The van der Waals surface area contributed by atoms with Crippen LogP contribution in [0, 0.1) is 0 Å². The summed E-state index contributed by atoms with van der Waals surface area (Å²) in [6, 6.07) is 13.5. The number of aryl methyl sites for hydroxylation is 2. The fourth-order valence-corrected chi connectivity index (χ4v) is 4.67. The lowest BCUT2D eigenvalue weighted by molar-refractivity contribution is -0.911. The fourth-order valence-electron chi connectivity index (χ4n) is 4.67. The predicted octanol–water partition coefficient (Wildman–Crippen LogP) is 1.94. The van der Waals surface area contributed by atoms with Crippen LogP contribution >= 0.6 is 0 Å². The van der Waals surface area contributed by atoms with Gasteiger partial charge in [0.15, 0.2) is 6.54 Å². The van der Waals surface area contributed by atoms with E-state index < -0.39 is 0 Å². The fraction of sp³-hybridized carbons (Fsp3) is 0.476. The molecule has 1 aliphatic carbocycles. The Bertz CT molecular complexity index is 751. The quantitative estimate of drug-likeness (QED) is 0.879.